The van der Waals surface area contributed by atoms with E-state index in [1.807, 2.05) is 24.3 Å². The second-order valence-corrected chi connectivity index (χ2v) is 4.68. The number of nitrogens with two attached hydrogens (primary N) is 1. The maximum absolute atomic E-state index is 5.58. The molecule has 1 heterocycles. The highest BCUT2D eigenvalue weighted by atomic mass is 32.2. The zero-order valence-electron chi connectivity index (χ0n) is 10.1. The predicted octanol–water partition coefficient (Wildman–Crippen LogP) is 2.01. The Bertz CT molecular complexity index is 484. The van der Waals surface area contributed by atoms with Gasteiger partial charge in [-0.15, -0.1) is 10.2 Å². The molecule has 6 heteroatoms. The molecule has 1 aromatic carbocycles. The Kier molecular flexibility index (Phi) is 4.60. The van der Waals surface area contributed by atoms with Crippen LogP contribution in [0.25, 0.3) is 0 Å². The molecule has 0 aliphatic rings. The molecular weight excluding hydrogens is 250 g/mol. The molecule has 2 rings (SSSR count). The number of aromatic nitrogens is 2. The van der Waals surface area contributed by atoms with Crippen LogP contribution in [0.3, 0.4) is 0 Å². The Morgan fingerprint density at radius 1 is 1.28 bits per heavy atom. The third-order valence-corrected chi connectivity index (χ3v) is 3.03. The van der Waals surface area contributed by atoms with Crippen LogP contribution in [0.4, 0.5) is 0 Å². The summed E-state index contributed by atoms with van der Waals surface area (Å²) in [5, 5.41) is 8.22. The molecule has 0 aliphatic carbocycles. The van der Waals surface area contributed by atoms with Crippen LogP contribution in [-0.4, -0.2) is 22.6 Å². The molecule has 0 fully saturated rings. The number of hydrogen-bond donors (Lipinski definition) is 1. The molecule has 96 valence electrons. The van der Waals surface area contributed by atoms with Crippen molar-refractivity contribution in [1.29, 1.82) is 0 Å². The van der Waals surface area contributed by atoms with Crippen LogP contribution < -0.4 is 10.5 Å². The number of nitrogens with zero attached hydrogens (tertiary/aromatic N) is 2. The Hall–Kier alpha value is -1.53. The molecule has 0 radical (unpaired) electrons. The van der Waals surface area contributed by atoms with Crippen LogP contribution in [0.15, 0.2) is 33.9 Å². The SMILES string of the molecule is Cc1nnc(SCCOc2ccc(CN)cc2)o1. The molecule has 0 amide bonds. The molecule has 0 saturated heterocycles. The summed E-state index contributed by atoms with van der Waals surface area (Å²) in [5.41, 5.74) is 6.62. The monoisotopic (exact) mass is 265 g/mol. The molecule has 0 spiro atoms. The molecule has 18 heavy (non-hydrogen) atoms. The van der Waals surface area contributed by atoms with Gasteiger partial charge in [0.15, 0.2) is 0 Å². The summed E-state index contributed by atoms with van der Waals surface area (Å²) >= 11 is 1.48. The lowest BCUT2D eigenvalue weighted by molar-refractivity contribution is 0.343. The molecule has 0 saturated carbocycles. The van der Waals surface area contributed by atoms with Crippen LogP contribution in [0.2, 0.25) is 0 Å². The average molecular weight is 265 g/mol. The van der Waals surface area contributed by atoms with Gasteiger partial charge in [0.1, 0.15) is 5.75 Å². The summed E-state index contributed by atoms with van der Waals surface area (Å²) < 4.78 is 10.8. The summed E-state index contributed by atoms with van der Waals surface area (Å²) in [6, 6.07) is 7.76. The van der Waals surface area contributed by atoms with Crippen molar-refractivity contribution in [2.45, 2.75) is 18.7 Å². The Morgan fingerprint density at radius 2 is 2.06 bits per heavy atom. The smallest absolute Gasteiger partial charge is 0.276 e. The molecule has 0 atom stereocenters. The number of thioether (sulfide) groups is 1. The van der Waals surface area contributed by atoms with Crippen molar-refractivity contribution in [3.8, 4) is 5.75 Å². The second kappa shape index (κ2) is 6.42. The van der Waals surface area contributed by atoms with Crippen molar-refractivity contribution in [3.63, 3.8) is 0 Å². The zero-order chi connectivity index (χ0) is 12.8. The number of aryl methyl sites for hydroxylation is 1. The van der Waals surface area contributed by atoms with Gasteiger partial charge < -0.3 is 14.9 Å². The van der Waals surface area contributed by atoms with Gasteiger partial charge >= 0.3 is 0 Å². The van der Waals surface area contributed by atoms with Gasteiger partial charge in [-0.1, -0.05) is 23.9 Å². The third-order valence-electron chi connectivity index (χ3n) is 2.24. The first-order valence-corrected chi connectivity index (χ1v) is 6.61. The Morgan fingerprint density at radius 3 is 2.67 bits per heavy atom. The topological polar surface area (TPSA) is 74.2 Å². The average Bonchev–Trinajstić information content (AvgIpc) is 2.81. The molecule has 5 nitrogen and oxygen atoms in total. The van der Waals surface area contributed by atoms with Crippen LogP contribution in [0.1, 0.15) is 11.5 Å². The molecule has 2 aromatic rings. The third kappa shape index (κ3) is 3.75. The first-order valence-electron chi connectivity index (χ1n) is 5.62. The zero-order valence-corrected chi connectivity index (χ0v) is 10.9. The largest absolute Gasteiger partial charge is 0.493 e. The van der Waals surface area contributed by atoms with Crippen LogP contribution in [0.5, 0.6) is 5.75 Å². The van der Waals surface area contributed by atoms with E-state index in [4.69, 9.17) is 14.9 Å². The van der Waals surface area contributed by atoms with Crippen LogP contribution >= 0.6 is 11.8 Å². The van der Waals surface area contributed by atoms with Crippen molar-refractivity contribution in [2.24, 2.45) is 5.73 Å². The molecule has 0 unspecified atom stereocenters. The first kappa shape index (κ1) is 12.9. The van der Waals surface area contributed by atoms with Crippen molar-refractivity contribution in [3.05, 3.63) is 35.7 Å². The lowest BCUT2D eigenvalue weighted by Crippen LogP contribution is -2.01. The highest BCUT2D eigenvalue weighted by molar-refractivity contribution is 7.99. The quantitative estimate of drug-likeness (QED) is 0.636. The molecular formula is C12H15N3O2S. The normalized spacial score (nSPS) is 10.6. The highest BCUT2D eigenvalue weighted by Crippen LogP contribution is 2.16. The van der Waals surface area contributed by atoms with E-state index < -0.39 is 0 Å². The van der Waals surface area contributed by atoms with Gasteiger partial charge in [0.2, 0.25) is 5.89 Å². The van der Waals surface area contributed by atoms with Gasteiger partial charge in [-0.3, -0.25) is 0 Å². The number of hydrogen-bond acceptors (Lipinski definition) is 6. The first-order chi connectivity index (χ1) is 8.78. The van der Waals surface area contributed by atoms with Gasteiger partial charge in [-0.25, -0.2) is 0 Å². The lowest BCUT2D eigenvalue weighted by atomic mass is 10.2. The van der Waals surface area contributed by atoms with Gasteiger partial charge in [0, 0.05) is 19.2 Å². The minimum Gasteiger partial charge on any atom is -0.493 e. The minimum atomic E-state index is 0.548. The fourth-order valence-electron chi connectivity index (χ4n) is 1.35. The van der Waals surface area contributed by atoms with Gasteiger partial charge in [0.05, 0.1) is 6.61 Å². The summed E-state index contributed by atoms with van der Waals surface area (Å²) in [4.78, 5) is 0. The maximum Gasteiger partial charge on any atom is 0.276 e. The van der Waals surface area contributed by atoms with E-state index in [1.54, 1.807) is 6.92 Å². The summed E-state index contributed by atoms with van der Waals surface area (Å²) in [6.45, 7) is 2.91. The number of benzene rings is 1. The Labute approximate surface area is 110 Å². The summed E-state index contributed by atoms with van der Waals surface area (Å²) in [6.07, 6.45) is 0. The van der Waals surface area contributed by atoms with Gasteiger partial charge in [0.25, 0.3) is 5.22 Å². The van der Waals surface area contributed by atoms with E-state index in [9.17, 15) is 0 Å². The fourth-order valence-corrected chi connectivity index (χ4v) is 1.97. The molecule has 1 aromatic heterocycles. The van der Waals surface area contributed by atoms with Crippen molar-refractivity contribution in [2.75, 3.05) is 12.4 Å². The molecule has 0 aliphatic heterocycles. The predicted molar refractivity (Wildman–Crippen MR) is 69.6 cm³/mol. The van der Waals surface area contributed by atoms with E-state index in [0.717, 1.165) is 17.1 Å². The van der Waals surface area contributed by atoms with Crippen molar-refractivity contribution >= 4 is 11.8 Å². The van der Waals surface area contributed by atoms with Crippen molar-refractivity contribution in [1.82, 2.24) is 10.2 Å². The van der Waals surface area contributed by atoms with Crippen LogP contribution in [-0.2, 0) is 6.54 Å². The van der Waals surface area contributed by atoms with E-state index in [1.165, 1.54) is 11.8 Å². The molecule has 0 bridgehead atoms. The van der Waals surface area contributed by atoms with E-state index in [-0.39, 0.29) is 0 Å². The van der Waals surface area contributed by atoms with Gasteiger partial charge in [-0.2, -0.15) is 0 Å². The molecule has 2 N–H and O–H groups in total. The highest BCUT2D eigenvalue weighted by Gasteiger charge is 2.02. The van der Waals surface area contributed by atoms with Crippen LogP contribution in [0, 0.1) is 6.92 Å². The number of ether oxygens (including phenoxy) is 1. The van der Waals surface area contributed by atoms with E-state index >= 15 is 0 Å². The maximum atomic E-state index is 5.58. The standard InChI is InChI=1S/C12H15N3O2S/c1-9-14-15-12(17-9)18-7-6-16-11-4-2-10(8-13)3-5-11/h2-5H,6-8,13H2,1H3. The van der Waals surface area contributed by atoms with E-state index in [0.29, 0.717) is 24.3 Å². The summed E-state index contributed by atoms with van der Waals surface area (Å²) in [5.74, 6) is 2.19. The fraction of sp³-hybridized carbons (Fsp3) is 0.333. The van der Waals surface area contributed by atoms with Gasteiger partial charge in [-0.05, 0) is 17.7 Å². The van der Waals surface area contributed by atoms with Crippen molar-refractivity contribution < 1.29 is 9.15 Å². The lowest BCUT2D eigenvalue weighted by Gasteiger charge is -2.05. The minimum absolute atomic E-state index is 0.548. The van der Waals surface area contributed by atoms with E-state index in [2.05, 4.69) is 10.2 Å². The Balaban J connectivity index is 1.71. The summed E-state index contributed by atoms with van der Waals surface area (Å²) in [7, 11) is 0. The second-order valence-electron chi connectivity index (χ2n) is 3.63. The number of rotatable bonds is 6.